The molecular weight excluding hydrogens is 216 g/mol. The average molecular weight is 238 g/mol. The summed E-state index contributed by atoms with van der Waals surface area (Å²) in [4.78, 5) is 2.19. The Labute approximate surface area is 103 Å². The van der Waals surface area contributed by atoms with Crippen LogP contribution in [-0.4, -0.2) is 29.8 Å². The van der Waals surface area contributed by atoms with E-state index in [1.807, 2.05) is 6.92 Å². The smallest absolute Gasteiger partial charge is 0.318 e. The summed E-state index contributed by atoms with van der Waals surface area (Å²) in [5, 5.41) is 11.5. The summed E-state index contributed by atoms with van der Waals surface area (Å²) in [6.07, 6.45) is 0. The Kier molecular flexibility index (Phi) is 3.66. The van der Waals surface area contributed by atoms with E-state index in [4.69, 9.17) is 4.42 Å². The summed E-state index contributed by atoms with van der Waals surface area (Å²) in [7, 11) is 0. The zero-order valence-corrected chi connectivity index (χ0v) is 11.1. The molecule has 0 spiro atoms. The molecular formula is C12H22N4O. The van der Waals surface area contributed by atoms with Crippen LogP contribution in [0.25, 0.3) is 0 Å². The van der Waals surface area contributed by atoms with Gasteiger partial charge in [0, 0.05) is 13.1 Å². The Hall–Kier alpha value is -1.10. The van der Waals surface area contributed by atoms with Gasteiger partial charge in [-0.05, 0) is 25.3 Å². The normalized spacial score (nSPS) is 26.5. The minimum atomic E-state index is 0.124. The molecule has 1 aliphatic heterocycles. The van der Waals surface area contributed by atoms with Crippen molar-refractivity contribution in [1.82, 2.24) is 15.5 Å². The van der Waals surface area contributed by atoms with Crippen molar-refractivity contribution in [2.45, 2.75) is 33.7 Å². The van der Waals surface area contributed by atoms with Crippen LogP contribution in [0.1, 0.15) is 39.6 Å². The lowest BCUT2D eigenvalue weighted by atomic mass is 10.0. The van der Waals surface area contributed by atoms with Crippen LogP contribution in [0.3, 0.4) is 0 Å². The molecule has 0 aromatic carbocycles. The number of hydrogen-bond acceptors (Lipinski definition) is 5. The van der Waals surface area contributed by atoms with Crippen LogP contribution < -0.4 is 10.2 Å². The minimum Gasteiger partial charge on any atom is -0.406 e. The first-order valence-corrected chi connectivity index (χ1v) is 6.43. The van der Waals surface area contributed by atoms with Gasteiger partial charge in [0.25, 0.3) is 0 Å². The van der Waals surface area contributed by atoms with Crippen molar-refractivity contribution in [2.75, 3.05) is 24.5 Å². The van der Waals surface area contributed by atoms with E-state index in [0.29, 0.717) is 23.7 Å². The molecule has 0 amide bonds. The van der Waals surface area contributed by atoms with E-state index in [-0.39, 0.29) is 6.04 Å². The summed E-state index contributed by atoms with van der Waals surface area (Å²) >= 11 is 0. The monoisotopic (exact) mass is 238 g/mol. The van der Waals surface area contributed by atoms with Crippen LogP contribution in [0, 0.1) is 11.8 Å². The van der Waals surface area contributed by atoms with E-state index in [2.05, 4.69) is 41.2 Å². The van der Waals surface area contributed by atoms with Gasteiger partial charge < -0.3 is 14.6 Å². The molecule has 5 nitrogen and oxygen atoms in total. The third-order valence-electron chi connectivity index (χ3n) is 3.57. The van der Waals surface area contributed by atoms with Crippen molar-refractivity contribution in [2.24, 2.45) is 11.8 Å². The molecule has 1 aliphatic rings. The maximum absolute atomic E-state index is 5.72. The van der Waals surface area contributed by atoms with Crippen LogP contribution in [0.15, 0.2) is 4.42 Å². The van der Waals surface area contributed by atoms with Gasteiger partial charge in [-0.15, -0.1) is 5.10 Å². The predicted octanol–water partition coefficient (Wildman–Crippen LogP) is 1.83. The molecule has 1 aromatic heterocycles. The summed E-state index contributed by atoms with van der Waals surface area (Å²) < 4.78 is 5.72. The number of nitrogens with one attached hydrogen (secondary N) is 1. The third-order valence-corrected chi connectivity index (χ3v) is 3.57. The molecule has 2 heterocycles. The molecule has 0 radical (unpaired) electrons. The van der Waals surface area contributed by atoms with Crippen LogP contribution in [0.5, 0.6) is 0 Å². The first-order chi connectivity index (χ1) is 8.11. The molecule has 1 fully saturated rings. The van der Waals surface area contributed by atoms with Crippen LogP contribution in [0.4, 0.5) is 6.01 Å². The summed E-state index contributed by atoms with van der Waals surface area (Å²) in [5.74, 6) is 2.06. The summed E-state index contributed by atoms with van der Waals surface area (Å²) in [6.45, 7) is 11.6. The summed E-state index contributed by atoms with van der Waals surface area (Å²) in [5.41, 5.74) is 0. The molecule has 3 atom stereocenters. The average Bonchev–Trinajstić information content (AvgIpc) is 2.87. The van der Waals surface area contributed by atoms with Crippen molar-refractivity contribution < 1.29 is 4.42 Å². The Morgan fingerprint density at radius 3 is 2.59 bits per heavy atom. The van der Waals surface area contributed by atoms with Gasteiger partial charge in [-0.25, -0.2) is 0 Å². The van der Waals surface area contributed by atoms with E-state index in [1.54, 1.807) is 0 Å². The van der Waals surface area contributed by atoms with Gasteiger partial charge in [0.1, 0.15) is 0 Å². The van der Waals surface area contributed by atoms with Crippen molar-refractivity contribution in [3.8, 4) is 0 Å². The van der Waals surface area contributed by atoms with Gasteiger partial charge in [-0.3, -0.25) is 0 Å². The second-order valence-electron chi connectivity index (χ2n) is 5.06. The highest BCUT2D eigenvalue weighted by Gasteiger charge is 2.29. The predicted molar refractivity (Wildman–Crippen MR) is 66.9 cm³/mol. The van der Waals surface area contributed by atoms with E-state index in [0.717, 1.165) is 19.6 Å². The fourth-order valence-corrected chi connectivity index (χ4v) is 2.21. The lowest BCUT2D eigenvalue weighted by Gasteiger charge is -2.12. The Morgan fingerprint density at radius 1 is 1.35 bits per heavy atom. The quantitative estimate of drug-likeness (QED) is 0.867. The standard InChI is InChI=1S/C12H22N4O/c1-5-13-10(4)11-14-15-12(17-11)16-6-8(2)9(3)7-16/h8-10,13H,5-7H2,1-4H3. The van der Waals surface area contributed by atoms with Crippen molar-refractivity contribution in [3.05, 3.63) is 5.89 Å². The first kappa shape index (κ1) is 12.4. The van der Waals surface area contributed by atoms with Crippen molar-refractivity contribution >= 4 is 6.01 Å². The van der Waals surface area contributed by atoms with E-state index >= 15 is 0 Å². The zero-order valence-electron chi connectivity index (χ0n) is 11.1. The number of rotatable bonds is 4. The third kappa shape index (κ3) is 2.60. The molecule has 0 bridgehead atoms. The number of nitrogens with zero attached hydrogens (tertiary/aromatic N) is 3. The highest BCUT2D eigenvalue weighted by Crippen LogP contribution is 2.27. The Morgan fingerprint density at radius 2 is 2.00 bits per heavy atom. The summed E-state index contributed by atoms with van der Waals surface area (Å²) in [6, 6.07) is 0.791. The molecule has 96 valence electrons. The molecule has 1 saturated heterocycles. The lowest BCUT2D eigenvalue weighted by Crippen LogP contribution is -2.20. The fourth-order valence-electron chi connectivity index (χ4n) is 2.21. The van der Waals surface area contributed by atoms with E-state index in [9.17, 15) is 0 Å². The topological polar surface area (TPSA) is 54.2 Å². The number of hydrogen-bond donors (Lipinski definition) is 1. The maximum atomic E-state index is 5.72. The Bertz CT molecular complexity index is 355. The Balaban J connectivity index is 2.03. The van der Waals surface area contributed by atoms with Crippen LogP contribution in [0.2, 0.25) is 0 Å². The minimum absolute atomic E-state index is 0.124. The second-order valence-corrected chi connectivity index (χ2v) is 5.06. The number of anilines is 1. The SMILES string of the molecule is CCNC(C)c1nnc(N2CC(C)C(C)C2)o1. The molecule has 0 saturated carbocycles. The van der Waals surface area contributed by atoms with Gasteiger partial charge in [0.05, 0.1) is 6.04 Å². The van der Waals surface area contributed by atoms with Gasteiger partial charge in [-0.2, -0.15) is 0 Å². The fraction of sp³-hybridized carbons (Fsp3) is 0.833. The highest BCUT2D eigenvalue weighted by atomic mass is 16.4. The molecule has 1 N–H and O–H groups in total. The molecule has 2 rings (SSSR count). The molecule has 1 aromatic rings. The second kappa shape index (κ2) is 5.04. The van der Waals surface area contributed by atoms with Gasteiger partial charge >= 0.3 is 6.01 Å². The highest BCUT2D eigenvalue weighted by molar-refractivity contribution is 5.27. The molecule has 0 aliphatic carbocycles. The molecule has 17 heavy (non-hydrogen) atoms. The van der Waals surface area contributed by atoms with Crippen molar-refractivity contribution in [3.63, 3.8) is 0 Å². The van der Waals surface area contributed by atoms with Crippen molar-refractivity contribution in [1.29, 1.82) is 0 Å². The van der Waals surface area contributed by atoms with Crippen LogP contribution >= 0.6 is 0 Å². The van der Waals surface area contributed by atoms with E-state index in [1.165, 1.54) is 0 Å². The maximum Gasteiger partial charge on any atom is 0.318 e. The van der Waals surface area contributed by atoms with E-state index < -0.39 is 0 Å². The number of aromatic nitrogens is 2. The largest absolute Gasteiger partial charge is 0.406 e. The molecule has 3 unspecified atom stereocenters. The lowest BCUT2D eigenvalue weighted by molar-refractivity contribution is 0.421. The van der Waals surface area contributed by atoms with Crippen LogP contribution in [-0.2, 0) is 0 Å². The van der Waals surface area contributed by atoms with Gasteiger partial charge in [0.15, 0.2) is 0 Å². The first-order valence-electron chi connectivity index (χ1n) is 6.43. The molecule has 5 heteroatoms. The zero-order chi connectivity index (χ0) is 12.4. The van der Waals surface area contributed by atoms with Gasteiger partial charge in [-0.1, -0.05) is 25.9 Å². The van der Waals surface area contributed by atoms with Gasteiger partial charge in [0.2, 0.25) is 5.89 Å².